The van der Waals surface area contributed by atoms with Crippen LogP contribution in [0.3, 0.4) is 0 Å². The molecule has 1 N–H and O–H groups in total. The van der Waals surface area contributed by atoms with Crippen molar-refractivity contribution in [3.8, 4) is 22.9 Å². The summed E-state index contributed by atoms with van der Waals surface area (Å²) >= 11 is 0. The van der Waals surface area contributed by atoms with Gasteiger partial charge in [-0.15, -0.1) is 15.0 Å². The number of amides is 1. The van der Waals surface area contributed by atoms with Gasteiger partial charge in [0.2, 0.25) is 5.75 Å². The van der Waals surface area contributed by atoms with Crippen molar-refractivity contribution in [2.75, 3.05) is 25.1 Å². The van der Waals surface area contributed by atoms with E-state index in [0.29, 0.717) is 53.8 Å². The molecular weight excluding hydrogens is 480 g/mol. The van der Waals surface area contributed by atoms with Crippen LogP contribution < -0.4 is 19.5 Å². The molecule has 0 aliphatic heterocycles. The zero-order valence-corrected chi connectivity index (χ0v) is 21.9. The van der Waals surface area contributed by atoms with E-state index in [2.05, 4.69) is 23.5 Å². The van der Waals surface area contributed by atoms with Gasteiger partial charge in [-0.05, 0) is 69.0 Å². The number of anilines is 1. The first-order valence-electron chi connectivity index (χ1n) is 12.8. The molecule has 194 valence electrons. The maximum absolute atomic E-state index is 13.4. The lowest BCUT2D eigenvalue weighted by Gasteiger charge is -2.17. The summed E-state index contributed by atoms with van der Waals surface area (Å²) in [7, 11) is 0. The number of aromatic nitrogens is 3. The highest BCUT2D eigenvalue weighted by Gasteiger charge is 2.19. The fourth-order valence-electron chi connectivity index (χ4n) is 4.41. The van der Waals surface area contributed by atoms with Crippen LogP contribution in [0, 0.1) is 6.92 Å². The Morgan fingerprint density at radius 3 is 2.13 bits per heavy atom. The molecule has 38 heavy (non-hydrogen) atoms. The lowest BCUT2D eigenvalue weighted by molar-refractivity contribution is 0.102. The van der Waals surface area contributed by atoms with Crippen molar-refractivity contribution in [3.05, 3.63) is 77.9 Å². The van der Waals surface area contributed by atoms with Crippen LogP contribution in [0.4, 0.5) is 5.69 Å². The monoisotopic (exact) mass is 510 g/mol. The van der Waals surface area contributed by atoms with Gasteiger partial charge in [0.25, 0.3) is 5.91 Å². The molecule has 0 aliphatic rings. The summed E-state index contributed by atoms with van der Waals surface area (Å²) in [5.41, 5.74) is 4.24. The fourth-order valence-corrected chi connectivity index (χ4v) is 4.41. The lowest BCUT2D eigenvalue weighted by Crippen LogP contribution is -2.14. The number of rotatable bonds is 9. The molecule has 1 amide bonds. The van der Waals surface area contributed by atoms with Crippen LogP contribution in [0.1, 0.15) is 36.7 Å². The minimum absolute atomic E-state index is 0.293. The first-order chi connectivity index (χ1) is 18.5. The van der Waals surface area contributed by atoms with Gasteiger partial charge >= 0.3 is 0 Å². The molecule has 1 aromatic heterocycles. The van der Waals surface area contributed by atoms with Gasteiger partial charge in [-0.2, -0.15) is 0 Å². The molecule has 8 heteroatoms. The molecule has 8 nitrogen and oxygen atoms in total. The van der Waals surface area contributed by atoms with Gasteiger partial charge in [0.15, 0.2) is 11.5 Å². The summed E-state index contributed by atoms with van der Waals surface area (Å²) in [6.07, 6.45) is 0. The Morgan fingerprint density at radius 2 is 1.45 bits per heavy atom. The van der Waals surface area contributed by atoms with Crippen molar-refractivity contribution in [2.24, 2.45) is 0 Å². The number of fused-ring (bicyclic) bond motifs is 2. The largest absolute Gasteiger partial charge is 0.490 e. The van der Waals surface area contributed by atoms with E-state index in [1.165, 1.54) is 0 Å². The van der Waals surface area contributed by atoms with Crippen molar-refractivity contribution in [3.63, 3.8) is 0 Å². The molecule has 0 spiro atoms. The number of aryl methyl sites for hydroxylation is 1. The van der Waals surface area contributed by atoms with Gasteiger partial charge in [-0.1, -0.05) is 36.4 Å². The lowest BCUT2D eigenvalue weighted by atomic mass is 10.1. The Bertz CT molecular complexity index is 1590. The molecule has 1 heterocycles. The average Bonchev–Trinajstić information content (AvgIpc) is 3.32. The molecule has 5 rings (SSSR count). The van der Waals surface area contributed by atoms with Gasteiger partial charge in [0.05, 0.1) is 25.5 Å². The Kier molecular flexibility index (Phi) is 7.13. The number of carbonyl (C=O) groups excluding carboxylic acids is 1. The number of hydrogen-bond acceptors (Lipinski definition) is 6. The Labute approximate surface area is 221 Å². The average molecular weight is 511 g/mol. The van der Waals surface area contributed by atoms with E-state index in [4.69, 9.17) is 24.4 Å². The molecule has 0 saturated heterocycles. The summed E-state index contributed by atoms with van der Waals surface area (Å²) < 4.78 is 17.3. The third kappa shape index (κ3) is 4.85. The molecule has 0 atom stereocenters. The minimum atomic E-state index is -0.293. The second-order valence-electron chi connectivity index (χ2n) is 8.70. The SMILES string of the molecule is CCOc1cc(C(=O)Nc2cc3nn(-c4cccc5ccccc45)nc3cc2C)cc(OCC)c1OCC. The maximum Gasteiger partial charge on any atom is 0.255 e. The third-order valence-corrected chi connectivity index (χ3v) is 6.13. The van der Waals surface area contributed by atoms with Gasteiger partial charge in [0, 0.05) is 16.6 Å². The van der Waals surface area contributed by atoms with Crippen molar-refractivity contribution in [2.45, 2.75) is 27.7 Å². The molecule has 0 bridgehead atoms. The van der Waals surface area contributed by atoms with Crippen LogP contribution in [0.5, 0.6) is 17.2 Å². The molecule has 4 aromatic carbocycles. The Morgan fingerprint density at radius 1 is 0.816 bits per heavy atom. The van der Waals surface area contributed by atoms with E-state index in [9.17, 15) is 4.79 Å². The summed E-state index contributed by atoms with van der Waals surface area (Å²) in [5, 5.41) is 14.6. The Hall–Kier alpha value is -4.59. The first-order valence-corrected chi connectivity index (χ1v) is 12.8. The summed E-state index contributed by atoms with van der Waals surface area (Å²) in [6.45, 7) is 8.89. The number of nitrogens with zero attached hydrogens (tertiary/aromatic N) is 3. The quantitative estimate of drug-likeness (QED) is 0.249. The molecule has 0 saturated carbocycles. The number of nitrogens with one attached hydrogen (secondary N) is 1. The van der Waals surface area contributed by atoms with E-state index < -0.39 is 0 Å². The van der Waals surface area contributed by atoms with E-state index in [-0.39, 0.29) is 5.91 Å². The zero-order chi connectivity index (χ0) is 26.6. The number of carbonyl (C=O) groups is 1. The Balaban J connectivity index is 1.49. The van der Waals surface area contributed by atoms with Gasteiger partial charge in [-0.3, -0.25) is 4.79 Å². The van der Waals surface area contributed by atoms with Crippen molar-refractivity contribution >= 4 is 33.4 Å². The van der Waals surface area contributed by atoms with Gasteiger partial charge < -0.3 is 19.5 Å². The number of hydrogen-bond donors (Lipinski definition) is 1. The standard InChI is InChI=1S/C30H30N4O4/c1-5-36-27-16-21(17-28(37-6-2)29(27)38-7-3)30(35)31-23-18-25-24(15-19(23)4)32-34(33-25)26-14-10-12-20-11-8-9-13-22(20)26/h8-18H,5-7H2,1-4H3,(H,31,35). The van der Waals surface area contributed by atoms with Crippen LogP contribution in [-0.2, 0) is 0 Å². The third-order valence-electron chi connectivity index (χ3n) is 6.13. The number of ether oxygens (including phenoxy) is 3. The van der Waals surface area contributed by atoms with Crippen molar-refractivity contribution < 1.29 is 19.0 Å². The van der Waals surface area contributed by atoms with E-state index in [1.54, 1.807) is 16.9 Å². The van der Waals surface area contributed by atoms with Gasteiger partial charge in [-0.25, -0.2) is 0 Å². The summed E-state index contributed by atoms with van der Waals surface area (Å²) in [5.74, 6) is 1.14. The smallest absolute Gasteiger partial charge is 0.255 e. The zero-order valence-electron chi connectivity index (χ0n) is 21.9. The van der Waals surface area contributed by atoms with Crippen molar-refractivity contribution in [1.82, 2.24) is 15.0 Å². The second-order valence-corrected chi connectivity index (χ2v) is 8.70. The highest BCUT2D eigenvalue weighted by molar-refractivity contribution is 6.06. The van der Waals surface area contributed by atoms with Crippen LogP contribution >= 0.6 is 0 Å². The van der Waals surface area contributed by atoms with Crippen LogP contribution in [0.15, 0.2) is 66.7 Å². The molecule has 0 radical (unpaired) electrons. The highest BCUT2D eigenvalue weighted by Crippen LogP contribution is 2.39. The minimum Gasteiger partial charge on any atom is -0.490 e. The molecular formula is C30H30N4O4. The maximum atomic E-state index is 13.4. The predicted molar refractivity (Wildman–Crippen MR) is 149 cm³/mol. The molecule has 0 unspecified atom stereocenters. The molecule has 5 aromatic rings. The summed E-state index contributed by atoms with van der Waals surface area (Å²) in [4.78, 5) is 15.0. The first kappa shape index (κ1) is 25.1. The highest BCUT2D eigenvalue weighted by atomic mass is 16.5. The van der Waals surface area contributed by atoms with Crippen LogP contribution in [0.2, 0.25) is 0 Å². The van der Waals surface area contributed by atoms with E-state index in [1.807, 2.05) is 64.1 Å². The molecule has 0 aliphatic carbocycles. The van der Waals surface area contributed by atoms with E-state index >= 15 is 0 Å². The topological polar surface area (TPSA) is 87.5 Å². The van der Waals surface area contributed by atoms with Crippen LogP contribution in [0.25, 0.3) is 27.5 Å². The van der Waals surface area contributed by atoms with Crippen LogP contribution in [-0.4, -0.2) is 40.7 Å². The van der Waals surface area contributed by atoms with Crippen molar-refractivity contribution in [1.29, 1.82) is 0 Å². The second kappa shape index (κ2) is 10.8. The van der Waals surface area contributed by atoms with Gasteiger partial charge in [0.1, 0.15) is 11.0 Å². The van der Waals surface area contributed by atoms with E-state index in [0.717, 1.165) is 27.5 Å². The normalized spacial score (nSPS) is 11.1. The number of benzene rings is 4. The predicted octanol–water partition coefficient (Wildman–Crippen LogP) is 6.33. The fraction of sp³-hybridized carbons (Fsp3) is 0.233. The summed E-state index contributed by atoms with van der Waals surface area (Å²) in [6, 6.07) is 21.3. The molecule has 0 fully saturated rings.